The van der Waals surface area contributed by atoms with Gasteiger partial charge in [-0.3, -0.25) is 0 Å². The molecule has 0 radical (unpaired) electrons. The van der Waals surface area contributed by atoms with Crippen LogP contribution in [-0.2, 0) is 11.3 Å². The minimum Gasteiger partial charge on any atom is -0.377 e. The van der Waals surface area contributed by atoms with Crippen molar-refractivity contribution >= 4 is 23.4 Å². The van der Waals surface area contributed by atoms with Crippen molar-refractivity contribution in [2.24, 2.45) is 0 Å². The maximum atomic E-state index is 5.14. The van der Waals surface area contributed by atoms with Gasteiger partial charge in [-0.1, -0.05) is 6.92 Å². The van der Waals surface area contributed by atoms with E-state index in [2.05, 4.69) is 27.5 Å². The molecule has 0 spiro atoms. The van der Waals surface area contributed by atoms with Gasteiger partial charge in [0, 0.05) is 31.5 Å². The predicted molar refractivity (Wildman–Crippen MR) is 85.5 cm³/mol. The molecule has 2 heterocycles. The summed E-state index contributed by atoms with van der Waals surface area (Å²) in [5.74, 6) is 3.76. The number of methoxy groups -OCH3 is 1. The van der Waals surface area contributed by atoms with Gasteiger partial charge in [0.05, 0.1) is 0 Å². The van der Waals surface area contributed by atoms with Crippen LogP contribution in [-0.4, -0.2) is 41.2 Å². The number of ether oxygens (including phenoxy) is 1. The molecule has 2 rings (SSSR count). The van der Waals surface area contributed by atoms with Crippen molar-refractivity contribution in [1.29, 1.82) is 0 Å². The lowest BCUT2D eigenvalue weighted by molar-refractivity contribution is 0.178. The zero-order chi connectivity index (χ0) is 14.2. The smallest absolute Gasteiger partial charge is 0.158 e. The van der Waals surface area contributed by atoms with Gasteiger partial charge in [-0.05, 0) is 25.0 Å². The van der Waals surface area contributed by atoms with Gasteiger partial charge < -0.3 is 15.4 Å². The molecule has 1 atom stereocenters. The molecule has 2 N–H and O–H groups in total. The number of thioether (sulfide) groups is 1. The summed E-state index contributed by atoms with van der Waals surface area (Å²) in [4.78, 5) is 8.94. The number of nitrogens with zero attached hydrogens (tertiary/aromatic N) is 2. The van der Waals surface area contributed by atoms with Gasteiger partial charge in [0.1, 0.15) is 18.2 Å². The Morgan fingerprint density at radius 3 is 2.80 bits per heavy atom. The van der Waals surface area contributed by atoms with Crippen LogP contribution < -0.4 is 10.6 Å². The molecule has 0 aromatic carbocycles. The Balaban J connectivity index is 1.98. The highest BCUT2D eigenvalue weighted by molar-refractivity contribution is 8.00. The van der Waals surface area contributed by atoms with E-state index >= 15 is 0 Å². The summed E-state index contributed by atoms with van der Waals surface area (Å²) in [5, 5.41) is 7.46. The Morgan fingerprint density at radius 1 is 1.35 bits per heavy atom. The van der Waals surface area contributed by atoms with E-state index in [4.69, 9.17) is 4.74 Å². The van der Waals surface area contributed by atoms with Crippen LogP contribution in [0.5, 0.6) is 0 Å². The van der Waals surface area contributed by atoms with Crippen molar-refractivity contribution in [1.82, 2.24) is 9.97 Å². The Bertz CT molecular complexity index is 410. The second-order valence-corrected chi connectivity index (χ2v) is 6.34. The van der Waals surface area contributed by atoms with Crippen molar-refractivity contribution in [3.05, 3.63) is 11.9 Å². The van der Waals surface area contributed by atoms with Crippen LogP contribution in [0, 0.1) is 0 Å². The van der Waals surface area contributed by atoms with Gasteiger partial charge in [0.25, 0.3) is 0 Å². The maximum Gasteiger partial charge on any atom is 0.158 e. The van der Waals surface area contributed by atoms with Gasteiger partial charge in [-0.25, -0.2) is 9.97 Å². The lowest BCUT2D eigenvalue weighted by Gasteiger charge is -2.13. The van der Waals surface area contributed by atoms with E-state index in [0.29, 0.717) is 11.9 Å². The first-order chi connectivity index (χ1) is 9.81. The molecule has 0 amide bonds. The molecule has 20 heavy (non-hydrogen) atoms. The molecule has 6 heteroatoms. The highest BCUT2D eigenvalue weighted by Gasteiger charge is 2.15. The number of rotatable bonds is 8. The van der Waals surface area contributed by atoms with Crippen molar-refractivity contribution in [3.8, 4) is 0 Å². The van der Waals surface area contributed by atoms with Crippen LogP contribution in [0.25, 0.3) is 0 Å². The zero-order valence-corrected chi connectivity index (χ0v) is 13.1. The van der Waals surface area contributed by atoms with Crippen molar-refractivity contribution in [2.75, 3.05) is 36.6 Å². The summed E-state index contributed by atoms with van der Waals surface area (Å²) in [6.45, 7) is 4.47. The molecule has 1 unspecified atom stereocenters. The third-order valence-electron chi connectivity index (χ3n) is 3.14. The van der Waals surface area contributed by atoms with E-state index in [1.54, 1.807) is 7.11 Å². The van der Waals surface area contributed by atoms with E-state index in [9.17, 15) is 0 Å². The van der Waals surface area contributed by atoms with Gasteiger partial charge in [-0.2, -0.15) is 11.8 Å². The van der Waals surface area contributed by atoms with Crippen LogP contribution in [0.1, 0.15) is 32.0 Å². The second kappa shape index (κ2) is 8.32. The first-order valence-corrected chi connectivity index (χ1v) is 8.33. The summed E-state index contributed by atoms with van der Waals surface area (Å²) in [5.41, 5.74) is 0. The molecule has 5 nitrogen and oxygen atoms in total. The summed E-state index contributed by atoms with van der Waals surface area (Å²) >= 11 is 2.05. The lowest BCUT2D eigenvalue weighted by Crippen LogP contribution is -2.16. The van der Waals surface area contributed by atoms with Crippen molar-refractivity contribution < 1.29 is 4.74 Å². The van der Waals surface area contributed by atoms with E-state index in [0.717, 1.165) is 37.0 Å². The van der Waals surface area contributed by atoms with E-state index in [-0.39, 0.29) is 0 Å². The van der Waals surface area contributed by atoms with Gasteiger partial charge in [-0.15, -0.1) is 0 Å². The molecule has 1 aliphatic heterocycles. The predicted octanol–water partition coefficient (Wildman–Crippen LogP) is 2.75. The molecular weight excluding hydrogens is 272 g/mol. The van der Waals surface area contributed by atoms with Crippen molar-refractivity contribution in [3.63, 3.8) is 0 Å². The number of hydrogen-bond acceptors (Lipinski definition) is 6. The van der Waals surface area contributed by atoms with E-state index in [1.807, 2.05) is 17.8 Å². The van der Waals surface area contributed by atoms with Gasteiger partial charge in [0.15, 0.2) is 5.82 Å². The Morgan fingerprint density at radius 2 is 2.15 bits per heavy atom. The Labute approximate surface area is 125 Å². The molecule has 1 saturated heterocycles. The second-order valence-electron chi connectivity index (χ2n) is 4.93. The minimum atomic E-state index is 0.439. The number of aromatic nitrogens is 2. The Hall–Kier alpha value is -1.01. The monoisotopic (exact) mass is 296 g/mol. The summed E-state index contributed by atoms with van der Waals surface area (Å²) in [6.07, 6.45) is 3.71. The van der Waals surface area contributed by atoms with E-state index in [1.165, 1.54) is 18.6 Å². The molecular formula is C14H24N4OS. The van der Waals surface area contributed by atoms with Gasteiger partial charge >= 0.3 is 0 Å². The third kappa shape index (κ3) is 4.83. The van der Waals surface area contributed by atoms with Crippen LogP contribution in [0.2, 0.25) is 0 Å². The molecule has 0 aliphatic carbocycles. The molecule has 0 bridgehead atoms. The Kier molecular flexibility index (Phi) is 6.39. The average Bonchev–Trinajstić information content (AvgIpc) is 2.96. The minimum absolute atomic E-state index is 0.439. The average molecular weight is 296 g/mol. The number of nitrogens with one attached hydrogen (secondary N) is 2. The van der Waals surface area contributed by atoms with Crippen LogP contribution in [0.15, 0.2) is 6.07 Å². The van der Waals surface area contributed by atoms with Gasteiger partial charge in [0.2, 0.25) is 0 Å². The first kappa shape index (κ1) is 15.4. The lowest BCUT2D eigenvalue weighted by atomic mass is 10.2. The van der Waals surface area contributed by atoms with Crippen LogP contribution in [0.3, 0.4) is 0 Å². The number of hydrogen-bond donors (Lipinski definition) is 2. The van der Waals surface area contributed by atoms with E-state index < -0.39 is 0 Å². The van der Waals surface area contributed by atoms with Crippen molar-refractivity contribution in [2.45, 2.75) is 38.0 Å². The normalized spacial score (nSPS) is 18.2. The topological polar surface area (TPSA) is 59.1 Å². The zero-order valence-electron chi connectivity index (χ0n) is 12.3. The fourth-order valence-electron chi connectivity index (χ4n) is 2.15. The SMILES string of the molecule is CCCNc1cc(NCC2CCCS2)nc(COC)n1. The largest absolute Gasteiger partial charge is 0.377 e. The summed E-state index contributed by atoms with van der Waals surface area (Å²) in [7, 11) is 1.66. The molecule has 1 aromatic heterocycles. The van der Waals surface area contributed by atoms with Crippen LogP contribution in [0.4, 0.5) is 11.6 Å². The standard InChI is InChI=1S/C14H24N4OS/c1-3-6-15-12-8-13(18-14(17-12)10-19-2)16-9-11-5-4-7-20-11/h8,11H,3-7,9-10H2,1-2H3,(H2,15,16,17,18). The summed E-state index contributed by atoms with van der Waals surface area (Å²) < 4.78 is 5.14. The molecule has 1 aromatic rings. The fourth-order valence-corrected chi connectivity index (χ4v) is 3.35. The molecule has 1 fully saturated rings. The van der Waals surface area contributed by atoms with Crippen LogP contribution >= 0.6 is 11.8 Å². The maximum absolute atomic E-state index is 5.14. The molecule has 1 aliphatic rings. The summed E-state index contributed by atoms with van der Waals surface area (Å²) in [6, 6.07) is 1.98. The quantitative estimate of drug-likeness (QED) is 0.769. The molecule has 0 saturated carbocycles. The highest BCUT2D eigenvalue weighted by atomic mass is 32.2. The third-order valence-corrected chi connectivity index (χ3v) is 4.54. The fraction of sp³-hybridized carbons (Fsp3) is 0.714. The first-order valence-electron chi connectivity index (χ1n) is 7.28. The highest BCUT2D eigenvalue weighted by Crippen LogP contribution is 2.26. The number of anilines is 2. The molecule has 112 valence electrons.